The van der Waals surface area contributed by atoms with Crippen LogP contribution >= 0.6 is 11.8 Å². The molecule has 0 aliphatic carbocycles. The number of ether oxygens (including phenoxy) is 1. The lowest BCUT2D eigenvalue weighted by atomic mass is 10.2. The number of aromatic nitrogens is 2. The van der Waals surface area contributed by atoms with Crippen LogP contribution in [0.1, 0.15) is 10.5 Å². The molecular formula is C17H15N3O4S. The van der Waals surface area contributed by atoms with E-state index >= 15 is 0 Å². The topological polar surface area (TPSA) is 105 Å². The van der Waals surface area contributed by atoms with E-state index in [4.69, 9.17) is 10.5 Å². The molecule has 2 N–H and O–H groups in total. The van der Waals surface area contributed by atoms with Gasteiger partial charge in [0.05, 0.1) is 18.1 Å². The Kier molecular flexibility index (Phi) is 4.90. The lowest BCUT2D eigenvalue weighted by Gasteiger charge is -2.02. The molecule has 0 aliphatic heterocycles. The average Bonchev–Trinajstić information content (AvgIpc) is 3.01. The number of methoxy groups -OCH3 is 1. The van der Waals surface area contributed by atoms with Crippen molar-refractivity contribution in [1.29, 1.82) is 0 Å². The molecule has 128 valence electrons. The number of nitrogens with two attached hydrogens (primary N) is 1. The molecule has 0 saturated heterocycles. The molecule has 1 aromatic heterocycles. The molecule has 3 rings (SSSR count). The van der Waals surface area contributed by atoms with Crippen LogP contribution in [0.4, 0.5) is 5.69 Å². The van der Waals surface area contributed by atoms with Gasteiger partial charge in [-0.05, 0) is 35.0 Å². The number of ketones is 1. The number of Topliss-reactive ketones (excluding diaryl/α,β-unsaturated/α-hetero) is 1. The van der Waals surface area contributed by atoms with Crippen molar-refractivity contribution in [3.8, 4) is 17.4 Å². The zero-order valence-electron chi connectivity index (χ0n) is 13.3. The van der Waals surface area contributed by atoms with E-state index in [-0.39, 0.29) is 17.2 Å². The first kappa shape index (κ1) is 16.8. The second-order valence-corrected chi connectivity index (χ2v) is 6.15. The number of rotatable bonds is 6. The summed E-state index contributed by atoms with van der Waals surface area (Å²) < 4.78 is 11.0. The molecule has 0 radical (unpaired) electrons. The number of hydrogen-bond acceptors (Lipinski definition) is 7. The Balaban J connectivity index is 1.81. The van der Waals surface area contributed by atoms with Gasteiger partial charge in [0.15, 0.2) is 5.95 Å². The van der Waals surface area contributed by atoms with E-state index in [2.05, 4.69) is 9.79 Å². The number of thioether (sulfide) groups is 1. The smallest absolute Gasteiger partial charge is 0.307 e. The third-order valence-corrected chi connectivity index (χ3v) is 4.41. The van der Waals surface area contributed by atoms with Crippen LogP contribution < -0.4 is 20.3 Å². The summed E-state index contributed by atoms with van der Waals surface area (Å²) >= 11 is 1.29. The monoisotopic (exact) mass is 357 g/mol. The molecule has 25 heavy (non-hydrogen) atoms. The Morgan fingerprint density at radius 1 is 1.32 bits per heavy atom. The van der Waals surface area contributed by atoms with Gasteiger partial charge >= 0.3 is 5.69 Å². The van der Waals surface area contributed by atoms with Gasteiger partial charge in [-0.2, -0.15) is 0 Å². The number of hydrogen-bond donors (Lipinski definition) is 1. The molecule has 3 aromatic rings. The molecule has 7 nitrogen and oxygen atoms in total. The summed E-state index contributed by atoms with van der Waals surface area (Å²) in [5.41, 5.74) is 6.74. The van der Waals surface area contributed by atoms with E-state index in [1.54, 1.807) is 49.6 Å². The number of benzene rings is 2. The van der Waals surface area contributed by atoms with Crippen LogP contribution in [-0.2, 0) is 0 Å². The Bertz CT molecular complexity index is 893. The van der Waals surface area contributed by atoms with Crippen LogP contribution in [0.15, 0.2) is 57.9 Å². The van der Waals surface area contributed by atoms with E-state index in [1.165, 1.54) is 16.4 Å². The summed E-state index contributed by atoms with van der Waals surface area (Å²) in [6.07, 6.45) is 0. The lowest BCUT2D eigenvalue weighted by Crippen LogP contribution is -2.39. The highest BCUT2D eigenvalue weighted by molar-refractivity contribution is 8.00. The van der Waals surface area contributed by atoms with Crippen molar-refractivity contribution in [2.24, 2.45) is 0 Å². The van der Waals surface area contributed by atoms with Gasteiger partial charge in [-0.15, -0.1) is 11.8 Å². The molecule has 0 atom stereocenters. The summed E-state index contributed by atoms with van der Waals surface area (Å²) in [6.45, 7) is 0. The predicted octanol–water partition coefficient (Wildman–Crippen LogP) is 1.59. The first-order valence-corrected chi connectivity index (χ1v) is 8.32. The number of carbonyl (C=O) groups excluding carboxylic acids is 1. The first-order valence-electron chi connectivity index (χ1n) is 7.33. The number of nitrogens with zero attached hydrogens (tertiary/aromatic N) is 2. The number of carbonyl (C=O) groups is 1. The summed E-state index contributed by atoms with van der Waals surface area (Å²) in [5.74, 6) is -0.431. The fraction of sp³-hybridized carbons (Fsp3) is 0.118. The lowest BCUT2D eigenvalue weighted by molar-refractivity contribution is -0.672. The maximum Gasteiger partial charge on any atom is 0.307 e. The van der Waals surface area contributed by atoms with Gasteiger partial charge in [-0.1, -0.05) is 6.07 Å². The predicted molar refractivity (Wildman–Crippen MR) is 89.9 cm³/mol. The normalized spacial score (nSPS) is 10.6. The minimum Gasteiger partial charge on any atom is -0.539 e. The molecule has 1 heterocycles. The molecule has 0 aliphatic rings. The van der Waals surface area contributed by atoms with Crippen LogP contribution in [0.3, 0.4) is 0 Å². The largest absolute Gasteiger partial charge is 0.539 e. The highest BCUT2D eigenvalue weighted by atomic mass is 32.2. The van der Waals surface area contributed by atoms with Gasteiger partial charge in [0.1, 0.15) is 5.75 Å². The number of anilines is 1. The molecule has 0 amide bonds. The zero-order chi connectivity index (χ0) is 17.8. The average molecular weight is 357 g/mol. The van der Waals surface area contributed by atoms with Gasteiger partial charge in [0.2, 0.25) is 11.5 Å². The SMILES string of the molecule is COc1ccc(-[n+]2noc([O-])c2C(=O)CSc2cccc(N)c2)cc1. The molecule has 0 spiro atoms. The van der Waals surface area contributed by atoms with Crippen molar-refractivity contribution in [3.05, 3.63) is 54.2 Å². The molecule has 0 fully saturated rings. The van der Waals surface area contributed by atoms with E-state index in [0.717, 1.165) is 4.90 Å². The van der Waals surface area contributed by atoms with E-state index in [0.29, 0.717) is 17.1 Å². The minimum atomic E-state index is -0.769. The molecule has 0 bridgehead atoms. The van der Waals surface area contributed by atoms with Gasteiger partial charge in [0, 0.05) is 22.7 Å². The molecular weight excluding hydrogens is 342 g/mol. The fourth-order valence-corrected chi connectivity index (χ4v) is 3.03. The van der Waals surface area contributed by atoms with E-state index in [9.17, 15) is 9.90 Å². The standard InChI is InChI=1S/C17H15N3O4S/c1-23-13-7-5-12(6-8-13)20-16(17(22)24-19-20)15(21)10-25-14-4-2-3-11(18)9-14/h2-9H,10,18H2,1H3. The van der Waals surface area contributed by atoms with Crippen molar-refractivity contribution in [1.82, 2.24) is 5.27 Å². The Hall–Kier alpha value is -3.00. The molecule has 8 heteroatoms. The van der Waals surface area contributed by atoms with Gasteiger partial charge < -0.3 is 20.1 Å². The van der Waals surface area contributed by atoms with Crippen LogP contribution in [0.2, 0.25) is 0 Å². The Morgan fingerprint density at radius 3 is 2.76 bits per heavy atom. The maximum atomic E-state index is 12.5. The van der Waals surface area contributed by atoms with Crippen molar-refractivity contribution >= 4 is 23.2 Å². The highest BCUT2D eigenvalue weighted by Gasteiger charge is 2.27. The fourth-order valence-electron chi connectivity index (χ4n) is 2.20. The highest BCUT2D eigenvalue weighted by Crippen LogP contribution is 2.22. The summed E-state index contributed by atoms with van der Waals surface area (Å²) in [6, 6.07) is 14.0. The summed E-state index contributed by atoms with van der Waals surface area (Å²) in [5, 5.41) is 15.6. The number of nitrogen functional groups attached to an aromatic ring is 1. The van der Waals surface area contributed by atoms with Crippen LogP contribution in [0.5, 0.6) is 11.7 Å². The summed E-state index contributed by atoms with van der Waals surface area (Å²) in [4.78, 5) is 13.3. The first-order chi connectivity index (χ1) is 12.1. The van der Waals surface area contributed by atoms with Crippen LogP contribution in [0.25, 0.3) is 5.69 Å². The van der Waals surface area contributed by atoms with Crippen LogP contribution in [-0.4, -0.2) is 23.9 Å². The molecule has 0 unspecified atom stereocenters. The molecule has 2 aromatic carbocycles. The second-order valence-electron chi connectivity index (χ2n) is 5.10. The zero-order valence-corrected chi connectivity index (χ0v) is 14.2. The van der Waals surface area contributed by atoms with Crippen molar-refractivity contribution < 1.29 is 23.8 Å². The quantitative estimate of drug-likeness (QED) is 0.309. The van der Waals surface area contributed by atoms with Gasteiger partial charge in [-0.3, -0.25) is 4.79 Å². The van der Waals surface area contributed by atoms with Gasteiger partial charge in [0.25, 0.3) is 0 Å². The Labute approximate surface area is 148 Å². The second kappa shape index (κ2) is 7.27. The Morgan fingerprint density at radius 2 is 2.08 bits per heavy atom. The molecule has 0 saturated carbocycles. The van der Waals surface area contributed by atoms with E-state index in [1.807, 2.05) is 6.07 Å². The minimum absolute atomic E-state index is 0.0655. The van der Waals surface area contributed by atoms with Crippen LogP contribution in [0, 0.1) is 0 Å². The van der Waals surface area contributed by atoms with Crippen molar-refractivity contribution in [2.45, 2.75) is 4.90 Å². The third-order valence-electron chi connectivity index (χ3n) is 3.42. The summed E-state index contributed by atoms with van der Waals surface area (Å²) in [7, 11) is 1.55. The van der Waals surface area contributed by atoms with Crippen molar-refractivity contribution in [3.63, 3.8) is 0 Å². The van der Waals surface area contributed by atoms with E-state index < -0.39 is 5.95 Å². The van der Waals surface area contributed by atoms with Gasteiger partial charge in [-0.25, -0.2) is 0 Å². The maximum absolute atomic E-state index is 12.5. The van der Waals surface area contributed by atoms with Crippen molar-refractivity contribution in [2.75, 3.05) is 18.6 Å². The third kappa shape index (κ3) is 3.74.